The summed E-state index contributed by atoms with van der Waals surface area (Å²) in [5.41, 5.74) is 0.808. The number of hydrogen-bond acceptors (Lipinski definition) is 6. The van der Waals surface area contributed by atoms with Gasteiger partial charge in [0.05, 0.1) is 6.54 Å². The molecule has 8 nitrogen and oxygen atoms in total. The van der Waals surface area contributed by atoms with Gasteiger partial charge in [0, 0.05) is 30.3 Å². The molecule has 0 atom stereocenters. The van der Waals surface area contributed by atoms with Crippen molar-refractivity contribution in [3.05, 3.63) is 64.5 Å². The van der Waals surface area contributed by atoms with Crippen LogP contribution in [0.2, 0.25) is 0 Å². The lowest BCUT2D eigenvalue weighted by Gasteiger charge is -2.17. The van der Waals surface area contributed by atoms with Crippen LogP contribution in [0.1, 0.15) is 5.56 Å². The van der Waals surface area contributed by atoms with E-state index in [1.165, 1.54) is 31.3 Å². The number of aryl methyl sites for hydroxylation is 1. The van der Waals surface area contributed by atoms with Gasteiger partial charge in [-0.05, 0) is 48.9 Å². The fraction of sp³-hybridized carbons (Fsp3) is 0.227. The minimum Gasteiger partial charge on any atom is -0.484 e. The molecule has 0 unspecified atom stereocenters. The molecular formula is C22H19F3N2O6. The highest BCUT2D eigenvalue weighted by atomic mass is 19.4. The molecule has 0 aliphatic rings. The van der Waals surface area contributed by atoms with Gasteiger partial charge in [0.1, 0.15) is 17.1 Å². The number of amides is 2. The highest BCUT2D eigenvalue weighted by Gasteiger charge is 2.31. The number of carbonyl (C=O) groups excluding carboxylic acids is 2. The Kier molecular flexibility index (Phi) is 6.90. The number of nitrogens with one attached hydrogen (secondary N) is 1. The lowest BCUT2D eigenvalue weighted by molar-refractivity contribution is -0.274. The molecule has 11 heteroatoms. The van der Waals surface area contributed by atoms with E-state index in [1.807, 2.05) is 0 Å². The number of carbonyl (C=O) groups is 2. The molecule has 0 spiro atoms. The van der Waals surface area contributed by atoms with Crippen LogP contribution in [0.4, 0.5) is 18.9 Å². The normalized spacial score (nSPS) is 11.2. The maximum Gasteiger partial charge on any atom is 0.573 e. The van der Waals surface area contributed by atoms with E-state index in [4.69, 9.17) is 9.15 Å². The van der Waals surface area contributed by atoms with Crippen molar-refractivity contribution < 1.29 is 36.7 Å². The Morgan fingerprint density at radius 3 is 2.39 bits per heavy atom. The van der Waals surface area contributed by atoms with E-state index in [1.54, 1.807) is 19.1 Å². The first-order valence-electron chi connectivity index (χ1n) is 9.57. The fourth-order valence-corrected chi connectivity index (χ4v) is 2.89. The van der Waals surface area contributed by atoms with Crippen molar-refractivity contribution in [2.75, 3.05) is 25.5 Å². The Balaban J connectivity index is 1.51. The number of halogens is 3. The maximum absolute atomic E-state index is 12.3. The maximum atomic E-state index is 12.3. The van der Waals surface area contributed by atoms with E-state index in [0.717, 1.165) is 28.0 Å². The van der Waals surface area contributed by atoms with Crippen LogP contribution in [0.25, 0.3) is 11.0 Å². The van der Waals surface area contributed by atoms with Crippen molar-refractivity contribution in [3.8, 4) is 11.5 Å². The molecule has 1 aromatic heterocycles. The third kappa shape index (κ3) is 6.73. The second kappa shape index (κ2) is 9.63. The summed E-state index contributed by atoms with van der Waals surface area (Å²) in [5.74, 6) is -1.17. The summed E-state index contributed by atoms with van der Waals surface area (Å²) in [4.78, 5) is 37.1. The number of anilines is 1. The van der Waals surface area contributed by atoms with Gasteiger partial charge in [-0.25, -0.2) is 4.79 Å². The molecule has 0 bridgehead atoms. The third-order valence-electron chi connectivity index (χ3n) is 4.46. The Morgan fingerprint density at radius 2 is 1.73 bits per heavy atom. The van der Waals surface area contributed by atoms with Crippen LogP contribution < -0.4 is 20.4 Å². The van der Waals surface area contributed by atoms with Crippen molar-refractivity contribution in [2.45, 2.75) is 13.3 Å². The third-order valence-corrected chi connectivity index (χ3v) is 4.46. The number of benzene rings is 2. The second-order valence-electron chi connectivity index (χ2n) is 7.07. The standard InChI is InChI=1S/C22H19F3N2O6/c1-13-9-21(30)32-18-10-16(7-8-17(13)18)31-12-20(29)27(2)11-19(28)26-14-3-5-15(6-4-14)33-22(23,24)25/h3-10H,11-12H2,1-2H3,(H,26,28). The van der Waals surface area contributed by atoms with Gasteiger partial charge in [0.25, 0.3) is 5.91 Å². The zero-order valence-corrected chi connectivity index (χ0v) is 17.6. The van der Waals surface area contributed by atoms with E-state index in [0.29, 0.717) is 11.3 Å². The zero-order valence-electron chi connectivity index (χ0n) is 17.6. The van der Waals surface area contributed by atoms with Crippen molar-refractivity contribution >= 4 is 28.5 Å². The van der Waals surface area contributed by atoms with Gasteiger partial charge in [-0.15, -0.1) is 13.2 Å². The SMILES string of the molecule is Cc1cc(=O)oc2cc(OCC(=O)N(C)CC(=O)Nc3ccc(OC(F)(F)F)cc3)ccc12. The molecule has 0 saturated carbocycles. The second-order valence-corrected chi connectivity index (χ2v) is 7.07. The quantitative estimate of drug-likeness (QED) is 0.538. The highest BCUT2D eigenvalue weighted by molar-refractivity contribution is 5.94. The molecule has 174 valence electrons. The number of hydrogen-bond donors (Lipinski definition) is 1. The Bertz CT molecular complexity index is 1220. The summed E-state index contributed by atoms with van der Waals surface area (Å²) >= 11 is 0. The van der Waals surface area contributed by atoms with Crippen molar-refractivity contribution in [1.29, 1.82) is 0 Å². The molecule has 3 rings (SSSR count). The summed E-state index contributed by atoms with van der Waals surface area (Å²) in [7, 11) is 1.40. The van der Waals surface area contributed by atoms with E-state index in [9.17, 15) is 27.6 Å². The van der Waals surface area contributed by atoms with E-state index < -0.39 is 29.6 Å². The molecular weight excluding hydrogens is 445 g/mol. The van der Waals surface area contributed by atoms with E-state index in [2.05, 4.69) is 10.1 Å². The monoisotopic (exact) mass is 464 g/mol. The average Bonchev–Trinajstić information content (AvgIpc) is 2.71. The summed E-state index contributed by atoms with van der Waals surface area (Å²) < 4.78 is 50.9. The smallest absolute Gasteiger partial charge is 0.484 e. The summed E-state index contributed by atoms with van der Waals surface area (Å²) in [6.45, 7) is 1.09. The van der Waals surface area contributed by atoms with Crippen molar-refractivity contribution in [3.63, 3.8) is 0 Å². The minimum atomic E-state index is -4.81. The number of alkyl halides is 3. The van der Waals surface area contributed by atoms with Crippen LogP contribution in [-0.4, -0.2) is 43.3 Å². The first-order chi connectivity index (χ1) is 15.5. The molecule has 33 heavy (non-hydrogen) atoms. The molecule has 0 saturated heterocycles. The zero-order chi connectivity index (χ0) is 24.2. The van der Waals surface area contributed by atoms with Gasteiger partial charge in [0.2, 0.25) is 5.91 Å². The molecule has 0 aliphatic heterocycles. The van der Waals surface area contributed by atoms with Crippen molar-refractivity contribution in [1.82, 2.24) is 4.90 Å². The van der Waals surface area contributed by atoms with Gasteiger partial charge in [0.15, 0.2) is 6.61 Å². The van der Waals surface area contributed by atoms with Gasteiger partial charge in [-0.2, -0.15) is 0 Å². The number of likely N-dealkylation sites (N-methyl/N-ethyl adjacent to an activating group) is 1. The van der Waals surface area contributed by atoms with Gasteiger partial charge in [-0.3, -0.25) is 9.59 Å². The topological polar surface area (TPSA) is 98.1 Å². The Morgan fingerprint density at radius 1 is 1.06 bits per heavy atom. The fourth-order valence-electron chi connectivity index (χ4n) is 2.89. The molecule has 0 aliphatic carbocycles. The largest absolute Gasteiger partial charge is 0.573 e. The number of fused-ring (bicyclic) bond motifs is 1. The molecule has 0 radical (unpaired) electrons. The lowest BCUT2D eigenvalue weighted by atomic mass is 10.1. The van der Waals surface area contributed by atoms with Crippen LogP contribution in [0.15, 0.2) is 57.7 Å². The summed E-state index contributed by atoms with van der Waals surface area (Å²) in [6.07, 6.45) is -4.81. The van der Waals surface area contributed by atoms with Crippen LogP contribution in [0.3, 0.4) is 0 Å². The van der Waals surface area contributed by atoms with Gasteiger partial charge < -0.3 is 24.1 Å². The Hall–Kier alpha value is -4.02. The minimum absolute atomic E-state index is 0.236. The Labute approximate surface area is 185 Å². The summed E-state index contributed by atoms with van der Waals surface area (Å²) in [5, 5.41) is 3.21. The molecule has 1 heterocycles. The predicted molar refractivity (Wildman–Crippen MR) is 112 cm³/mol. The molecule has 0 fully saturated rings. The highest BCUT2D eigenvalue weighted by Crippen LogP contribution is 2.24. The molecule has 2 aromatic carbocycles. The number of nitrogens with zero attached hydrogens (tertiary/aromatic N) is 1. The van der Waals surface area contributed by atoms with Crippen LogP contribution in [0, 0.1) is 6.92 Å². The first-order valence-corrected chi connectivity index (χ1v) is 9.57. The average molecular weight is 464 g/mol. The molecule has 1 N–H and O–H groups in total. The van der Waals surface area contributed by atoms with Crippen LogP contribution >= 0.6 is 0 Å². The first kappa shape index (κ1) is 23.6. The van der Waals surface area contributed by atoms with Gasteiger partial charge in [-0.1, -0.05) is 0 Å². The van der Waals surface area contributed by atoms with E-state index >= 15 is 0 Å². The number of ether oxygens (including phenoxy) is 2. The van der Waals surface area contributed by atoms with Crippen molar-refractivity contribution in [2.24, 2.45) is 0 Å². The molecule has 3 aromatic rings. The van der Waals surface area contributed by atoms with Crippen LogP contribution in [-0.2, 0) is 9.59 Å². The van der Waals surface area contributed by atoms with Gasteiger partial charge >= 0.3 is 12.0 Å². The van der Waals surface area contributed by atoms with E-state index in [-0.39, 0.29) is 18.8 Å². The van der Waals surface area contributed by atoms with Crippen LogP contribution in [0.5, 0.6) is 11.5 Å². The lowest BCUT2D eigenvalue weighted by Crippen LogP contribution is -2.37. The number of rotatable bonds is 7. The summed E-state index contributed by atoms with van der Waals surface area (Å²) in [6, 6.07) is 10.8. The predicted octanol–water partition coefficient (Wildman–Crippen LogP) is 3.48. The molecule has 2 amide bonds.